The van der Waals surface area contributed by atoms with E-state index >= 15 is 0 Å². The number of hydrogen-bond acceptors (Lipinski definition) is 5. The van der Waals surface area contributed by atoms with Crippen molar-refractivity contribution in [2.75, 3.05) is 17.2 Å². The molecule has 0 atom stereocenters. The summed E-state index contributed by atoms with van der Waals surface area (Å²) in [6.45, 7) is 2.86. The molecule has 2 aromatic rings. The molecule has 23 heavy (non-hydrogen) atoms. The summed E-state index contributed by atoms with van der Waals surface area (Å²) >= 11 is 6.31. The summed E-state index contributed by atoms with van der Waals surface area (Å²) in [7, 11) is 0. The van der Waals surface area contributed by atoms with Crippen LogP contribution in [-0.4, -0.2) is 27.5 Å². The number of nitrogens with one attached hydrogen (secondary N) is 2. The van der Waals surface area contributed by atoms with Crippen molar-refractivity contribution in [1.29, 1.82) is 0 Å². The second-order valence-corrected chi connectivity index (χ2v) is 6.24. The Bertz CT molecular complexity index is 655. The molecule has 1 aliphatic rings. The highest BCUT2D eigenvalue weighted by molar-refractivity contribution is 6.32. The Balaban J connectivity index is 1.83. The summed E-state index contributed by atoms with van der Waals surface area (Å²) in [5.41, 5.74) is 1.68. The first kappa shape index (κ1) is 16.0. The second-order valence-electron chi connectivity index (χ2n) is 5.83. The van der Waals surface area contributed by atoms with Crippen LogP contribution < -0.4 is 10.6 Å². The van der Waals surface area contributed by atoms with E-state index in [0.717, 1.165) is 23.6 Å². The van der Waals surface area contributed by atoms with Crippen LogP contribution in [-0.2, 0) is 0 Å². The van der Waals surface area contributed by atoms with Gasteiger partial charge in [0.2, 0.25) is 5.95 Å². The van der Waals surface area contributed by atoms with Crippen molar-refractivity contribution in [3.8, 4) is 11.3 Å². The van der Waals surface area contributed by atoms with E-state index in [1.54, 1.807) is 12.4 Å². The number of aromatic nitrogens is 3. The van der Waals surface area contributed by atoms with Gasteiger partial charge in [-0.05, 0) is 31.9 Å². The molecule has 0 spiro atoms. The molecule has 0 unspecified atom stereocenters. The third-order valence-corrected chi connectivity index (χ3v) is 4.35. The van der Waals surface area contributed by atoms with Crippen LogP contribution in [0, 0.1) is 0 Å². The van der Waals surface area contributed by atoms with Crippen molar-refractivity contribution >= 4 is 23.4 Å². The van der Waals surface area contributed by atoms with E-state index in [9.17, 15) is 0 Å². The van der Waals surface area contributed by atoms with E-state index in [4.69, 9.17) is 11.6 Å². The number of pyridine rings is 1. The molecule has 0 aliphatic heterocycles. The number of hydrogen-bond donors (Lipinski definition) is 2. The van der Waals surface area contributed by atoms with Gasteiger partial charge in [-0.2, -0.15) is 0 Å². The molecule has 1 fully saturated rings. The lowest BCUT2D eigenvalue weighted by molar-refractivity contribution is 0.461. The van der Waals surface area contributed by atoms with E-state index in [1.807, 2.05) is 19.1 Å². The Morgan fingerprint density at radius 2 is 2.04 bits per heavy atom. The summed E-state index contributed by atoms with van der Waals surface area (Å²) in [4.78, 5) is 13.2. The first-order chi connectivity index (χ1) is 11.3. The Morgan fingerprint density at radius 3 is 2.83 bits per heavy atom. The van der Waals surface area contributed by atoms with Gasteiger partial charge in [0.05, 0.1) is 16.9 Å². The van der Waals surface area contributed by atoms with Crippen LogP contribution in [0.2, 0.25) is 5.02 Å². The molecule has 0 saturated heterocycles. The van der Waals surface area contributed by atoms with Crippen molar-refractivity contribution in [3.63, 3.8) is 0 Å². The van der Waals surface area contributed by atoms with Gasteiger partial charge in [-0.3, -0.25) is 0 Å². The van der Waals surface area contributed by atoms with Crippen molar-refractivity contribution in [2.24, 2.45) is 0 Å². The lowest BCUT2D eigenvalue weighted by Gasteiger charge is -2.22. The molecule has 2 aromatic heterocycles. The van der Waals surface area contributed by atoms with Crippen molar-refractivity contribution in [3.05, 3.63) is 29.5 Å². The van der Waals surface area contributed by atoms with E-state index in [-0.39, 0.29) is 0 Å². The fraction of sp³-hybridized carbons (Fsp3) is 0.471. The molecule has 6 heteroatoms. The van der Waals surface area contributed by atoms with Gasteiger partial charge in [-0.15, -0.1) is 0 Å². The normalized spacial score (nSPS) is 15.4. The van der Waals surface area contributed by atoms with Gasteiger partial charge in [-0.1, -0.05) is 30.9 Å². The molecule has 0 bridgehead atoms. The van der Waals surface area contributed by atoms with Crippen LogP contribution in [0.1, 0.15) is 39.0 Å². The van der Waals surface area contributed by atoms with Gasteiger partial charge < -0.3 is 10.6 Å². The van der Waals surface area contributed by atoms with Crippen molar-refractivity contribution in [1.82, 2.24) is 15.0 Å². The molecule has 5 nitrogen and oxygen atoms in total. The Kier molecular flexibility index (Phi) is 5.28. The fourth-order valence-corrected chi connectivity index (χ4v) is 3.12. The van der Waals surface area contributed by atoms with Crippen LogP contribution in [0.4, 0.5) is 11.8 Å². The zero-order valence-corrected chi connectivity index (χ0v) is 14.1. The minimum atomic E-state index is 0.465. The Labute approximate surface area is 141 Å². The minimum absolute atomic E-state index is 0.465. The maximum absolute atomic E-state index is 6.31. The molecule has 2 heterocycles. The van der Waals surface area contributed by atoms with Crippen LogP contribution in [0.25, 0.3) is 11.3 Å². The average molecular weight is 332 g/mol. The zero-order chi connectivity index (χ0) is 16.1. The predicted octanol–water partition coefficient (Wildman–Crippen LogP) is 4.37. The Morgan fingerprint density at radius 1 is 1.22 bits per heavy atom. The van der Waals surface area contributed by atoms with Crippen LogP contribution in [0.3, 0.4) is 0 Å². The van der Waals surface area contributed by atoms with E-state index < -0.39 is 0 Å². The zero-order valence-electron chi connectivity index (χ0n) is 13.3. The number of anilines is 2. The molecule has 1 saturated carbocycles. The first-order valence-corrected chi connectivity index (χ1v) is 8.63. The lowest BCUT2D eigenvalue weighted by Crippen LogP contribution is -2.23. The highest BCUT2D eigenvalue weighted by Gasteiger charge is 2.15. The van der Waals surface area contributed by atoms with Crippen molar-refractivity contribution in [2.45, 2.75) is 45.1 Å². The van der Waals surface area contributed by atoms with Gasteiger partial charge in [0.15, 0.2) is 0 Å². The van der Waals surface area contributed by atoms with E-state index in [1.165, 1.54) is 32.1 Å². The second kappa shape index (κ2) is 7.59. The van der Waals surface area contributed by atoms with Gasteiger partial charge in [0.25, 0.3) is 0 Å². The maximum Gasteiger partial charge on any atom is 0.223 e. The first-order valence-electron chi connectivity index (χ1n) is 8.25. The third-order valence-electron chi connectivity index (χ3n) is 4.07. The number of halogens is 1. The Hall–Kier alpha value is -1.88. The standard InChI is InChI=1S/C17H22ClN5/c1-2-19-15-10-12(8-9-20-15)16-14(18)11-21-17(23-16)22-13-6-4-3-5-7-13/h8-11,13H,2-7H2,1H3,(H,19,20)(H,21,22,23). The van der Waals surface area contributed by atoms with Crippen LogP contribution >= 0.6 is 11.6 Å². The fourth-order valence-electron chi connectivity index (χ4n) is 2.92. The molecular formula is C17H22ClN5. The molecule has 2 N–H and O–H groups in total. The smallest absolute Gasteiger partial charge is 0.223 e. The monoisotopic (exact) mass is 331 g/mol. The van der Waals surface area contributed by atoms with Gasteiger partial charge in [-0.25, -0.2) is 15.0 Å². The summed E-state index contributed by atoms with van der Waals surface area (Å²) in [6, 6.07) is 4.34. The summed E-state index contributed by atoms with van der Waals surface area (Å²) < 4.78 is 0. The van der Waals surface area contributed by atoms with Gasteiger partial charge in [0.1, 0.15) is 5.82 Å². The molecule has 1 aliphatic carbocycles. The average Bonchev–Trinajstić information content (AvgIpc) is 2.58. The van der Waals surface area contributed by atoms with Gasteiger partial charge in [0, 0.05) is 24.3 Å². The highest BCUT2D eigenvalue weighted by atomic mass is 35.5. The lowest BCUT2D eigenvalue weighted by atomic mass is 9.96. The topological polar surface area (TPSA) is 62.7 Å². The molecular weight excluding hydrogens is 310 g/mol. The van der Waals surface area contributed by atoms with Crippen LogP contribution in [0.5, 0.6) is 0 Å². The van der Waals surface area contributed by atoms with E-state index in [0.29, 0.717) is 17.0 Å². The maximum atomic E-state index is 6.31. The van der Waals surface area contributed by atoms with E-state index in [2.05, 4.69) is 25.6 Å². The number of rotatable bonds is 5. The number of nitrogens with zero attached hydrogens (tertiary/aromatic N) is 3. The summed E-state index contributed by atoms with van der Waals surface area (Å²) in [6.07, 6.45) is 9.67. The van der Waals surface area contributed by atoms with Crippen molar-refractivity contribution < 1.29 is 0 Å². The minimum Gasteiger partial charge on any atom is -0.370 e. The molecule has 122 valence electrons. The molecule has 0 radical (unpaired) electrons. The predicted molar refractivity (Wildman–Crippen MR) is 94.9 cm³/mol. The quantitative estimate of drug-likeness (QED) is 0.851. The van der Waals surface area contributed by atoms with Crippen LogP contribution in [0.15, 0.2) is 24.5 Å². The molecule has 0 amide bonds. The third kappa shape index (κ3) is 4.10. The SMILES string of the molecule is CCNc1cc(-c2nc(NC3CCCCC3)ncc2Cl)ccn1. The van der Waals surface area contributed by atoms with Gasteiger partial charge >= 0.3 is 0 Å². The highest BCUT2D eigenvalue weighted by Crippen LogP contribution is 2.28. The molecule has 3 rings (SSSR count). The summed E-state index contributed by atoms with van der Waals surface area (Å²) in [5, 5.41) is 7.20. The largest absolute Gasteiger partial charge is 0.370 e. The molecule has 0 aromatic carbocycles. The summed E-state index contributed by atoms with van der Waals surface area (Å²) in [5.74, 6) is 1.47.